The molecule has 0 atom stereocenters. The minimum Gasteiger partial charge on any atom is -0.477 e. The highest BCUT2D eigenvalue weighted by molar-refractivity contribution is 5.94. The maximum atomic E-state index is 11.7. The van der Waals surface area contributed by atoms with Crippen molar-refractivity contribution in [2.24, 2.45) is 0 Å². The summed E-state index contributed by atoms with van der Waals surface area (Å²) in [6.07, 6.45) is 0. The molecule has 1 aromatic heterocycles. The number of nitrogens with one attached hydrogen (secondary N) is 2. The monoisotopic (exact) mass is 238 g/mol. The topological polar surface area (TPSA) is 99.3 Å². The molecule has 0 bridgehead atoms. The fraction of sp³-hybridized carbons (Fsp3) is 0.364. The molecule has 3 N–H and O–H groups in total. The molecule has 0 radical (unpaired) electrons. The van der Waals surface area contributed by atoms with Gasteiger partial charge in [-0.3, -0.25) is 9.59 Å². The van der Waals surface area contributed by atoms with Gasteiger partial charge in [-0.15, -0.1) is 0 Å². The number of carbonyl (C=O) groups excluding carboxylic acids is 1. The number of hydrogen-bond donors (Lipinski definition) is 3. The van der Waals surface area contributed by atoms with Crippen LogP contribution in [0.4, 0.5) is 0 Å². The molecule has 1 aromatic rings. The van der Waals surface area contributed by atoms with Crippen LogP contribution >= 0.6 is 0 Å². The summed E-state index contributed by atoms with van der Waals surface area (Å²) < 4.78 is 0. The zero-order chi connectivity index (χ0) is 13.2. The predicted molar refractivity (Wildman–Crippen MR) is 61.2 cm³/mol. The van der Waals surface area contributed by atoms with Crippen molar-refractivity contribution in [2.45, 2.75) is 26.3 Å². The number of aromatic amines is 1. The molecule has 0 saturated carbocycles. The van der Waals surface area contributed by atoms with Crippen LogP contribution in [0.25, 0.3) is 0 Å². The Labute approximate surface area is 97.7 Å². The normalized spacial score (nSPS) is 11.0. The summed E-state index contributed by atoms with van der Waals surface area (Å²) in [5, 5.41) is 11.3. The Balaban J connectivity index is 3.03. The van der Waals surface area contributed by atoms with E-state index in [1.807, 2.05) is 0 Å². The van der Waals surface area contributed by atoms with Crippen LogP contribution in [0.2, 0.25) is 0 Å². The van der Waals surface area contributed by atoms with Crippen molar-refractivity contribution in [2.75, 3.05) is 0 Å². The molecule has 6 nitrogen and oxygen atoms in total. The van der Waals surface area contributed by atoms with Gasteiger partial charge in [0.05, 0.1) is 0 Å². The minimum absolute atomic E-state index is 0.0370. The van der Waals surface area contributed by atoms with Crippen LogP contribution in [-0.2, 0) is 0 Å². The number of carboxylic acid groups (broad SMARTS) is 1. The molecule has 0 unspecified atom stereocenters. The molecule has 1 heterocycles. The van der Waals surface area contributed by atoms with Crippen LogP contribution in [0.1, 0.15) is 41.6 Å². The highest BCUT2D eigenvalue weighted by Crippen LogP contribution is 2.02. The summed E-state index contributed by atoms with van der Waals surface area (Å²) >= 11 is 0. The van der Waals surface area contributed by atoms with E-state index in [0.717, 1.165) is 6.07 Å². The van der Waals surface area contributed by atoms with Crippen LogP contribution in [0, 0.1) is 0 Å². The Kier molecular flexibility index (Phi) is 3.36. The van der Waals surface area contributed by atoms with E-state index in [2.05, 4.69) is 10.3 Å². The molecule has 6 heteroatoms. The lowest BCUT2D eigenvalue weighted by Crippen LogP contribution is -2.41. The number of rotatable bonds is 2. The van der Waals surface area contributed by atoms with Crippen molar-refractivity contribution in [1.29, 1.82) is 0 Å². The van der Waals surface area contributed by atoms with Crippen LogP contribution < -0.4 is 10.9 Å². The Hall–Kier alpha value is -2.11. The largest absolute Gasteiger partial charge is 0.477 e. The standard InChI is InChI=1S/C11H14N2O4/c1-11(2,3)13-9(15)7-5-4-6(10(16)17)8(14)12-7/h4-5H,1-3H3,(H,12,14)(H,13,15)(H,16,17). The van der Waals surface area contributed by atoms with Gasteiger partial charge in [-0.05, 0) is 32.9 Å². The second-order valence-electron chi connectivity index (χ2n) is 4.62. The third-order valence-corrected chi connectivity index (χ3v) is 1.87. The molecule has 0 aliphatic carbocycles. The van der Waals surface area contributed by atoms with E-state index in [1.54, 1.807) is 20.8 Å². The molecule has 0 saturated heterocycles. The van der Waals surface area contributed by atoms with Gasteiger partial charge >= 0.3 is 5.97 Å². The van der Waals surface area contributed by atoms with Crippen molar-refractivity contribution in [3.63, 3.8) is 0 Å². The van der Waals surface area contributed by atoms with Gasteiger partial charge in [0.1, 0.15) is 11.3 Å². The minimum atomic E-state index is -1.32. The van der Waals surface area contributed by atoms with E-state index < -0.39 is 28.5 Å². The fourth-order valence-corrected chi connectivity index (χ4v) is 1.18. The smallest absolute Gasteiger partial charge is 0.341 e. The van der Waals surface area contributed by atoms with E-state index in [1.165, 1.54) is 6.07 Å². The summed E-state index contributed by atoms with van der Waals surface area (Å²) in [6.45, 7) is 5.40. The second kappa shape index (κ2) is 4.40. The van der Waals surface area contributed by atoms with Gasteiger partial charge < -0.3 is 15.4 Å². The van der Waals surface area contributed by atoms with Crippen molar-refractivity contribution in [3.05, 3.63) is 33.7 Å². The highest BCUT2D eigenvalue weighted by Gasteiger charge is 2.17. The van der Waals surface area contributed by atoms with E-state index in [0.29, 0.717) is 0 Å². The van der Waals surface area contributed by atoms with E-state index in [4.69, 9.17) is 5.11 Å². The quantitative estimate of drug-likeness (QED) is 0.702. The SMILES string of the molecule is CC(C)(C)NC(=O)c1ccc(C(=O)O)c(=O)[nH]1. The van der Waals surface area contributed by atoms with Gasteiger partial charge in [-0.2, -0.15) is 0 Å². The number of aromatic carboxylic acids is 1. The summed E-state index contributed by atoms with van der Waals surface area (Å²) in [6, 6.07) is 2.38. The second-order valence-corrected chi connectivity index (χ2v) is 4.62. The lowest BCUT2D eigenvalue weighted by Gasteiger charge is -2.20. The van der Waals surface area contributed by atoms with Gasteiger partial charge in [0.2, 0.25) is 0 Å². The van der Waals surface area contributed by atoms with Gasteiger partial charge in [0, 0.05) is 5.54 Å². The van der Waals surface area contributed by atoms with E-state index >= 15 is 0 Å². The molecule has 1 amide bonds. The van der Waals surface area contributed by atoms with Crippen molar-refractivity contribution < 1.29 is 14.7 Å². The van der Waals surface area contributed by atoms with Crippen LogP contribution in [0.15, 0.2) is 16.9 Å². The maximum Gasteiger partial charge on any atom is 0.341 e. The molecule has 1 rings (SSSR count). The molecule has 0 fully saturated rings. The number of hydrogen-bond acceptors (Lipinski definition) is 3. The summed E-state index contributed by atoms with van der Waals surface area (Å²) in [5.41, 5.74) is -1.58. The van der Waals surface area contributed by atoms with Gasteiger partial charge in [-0.25, -0.2) is 4.79 Å². The molecule has 17 heavy (non-hydrogen) atoms. The summed E-state index contributed by atoms with van der Waals surface area (Å²) in [4.78, 5) is 35.8. The van der Waals surface area contributed by atoms with Gasteiger partial charge in [0.15, 0.2) is 0 Å². The molecule has 0 aliphatic rings. The third kappa shape index (κ3) is 3.44. The first-order chi connectivity index (χ1) is 7.70. The third-order valence-electron chi connectivity index (χ3n) is 1.87. The van der Waals surface area contributed by atoms with E-state index in [-0.39, 0.29) is 5.69 Å². The molecule has 0 aromatic carbocycles. The first kappa shape index (κ1) is 13.0. The predicted octanol–water partition coefficient (Wildman–Crippen LogP) is 0.601. The average molecular weight is 238 g/mol. The van der Waals surface area contributed by atoms with Crippen molar-refractivity contribution >= 4 is 11.9 Å². The Morgan fingerprint density at radius 1 is 1.29 bits per heavy atom. The molecule has 92 valence electrons. The van der Waals surface area contributed by atoms with Crippen molar-refractivity contribution in [1.82, 2.24) is 10.3 Å². The number of carbonyl (C=O) groups is 2. The zero-order valence-electron chi connectivity index (χ0n) is 9.83. The number of aromatic nitrogens is 1. The first-order valence-electron chi connectivity index (χ1n) is 5.00. The fourth-order valence-electron chi connectivity index (χ4n) is 1.18. The Bertz CT molecular complexity index is 511. The number of amides is 1. The molecular formula is C11H14N2O4. The van der Waals surface area contributed by atoms with Gasteiger partial charge in [0.25, 0.3) is 11.5 Å². The molecular weight excluding hydrogens is 224 g/mol. The van der Waals surface area contributed by atoms with Crippen LogP contribution in [0.3, 0.4) is 0 Å². The molecule has 0 aliphatic heterocycles. The summed E-state index contributed by atoms with van der Waals surface area (Å²) in [7, 11) is 0. The van der Waals surface area contributed by atoms with Gasteiger partial charge in [-0.1, -0.05) is 0 Å². The number of carboxylic acids is 1. The number of H-pyrrole nitrogens is 1. The highest BCUT2D eigenvalue weighted by atomic mass is 16.4. The first-order valence-corrected chi connectivity index (χ1v) is 5.00. The summed E-state index contributed by atoms with van der Waals surface area (Å²) in [5.74, 6) is -1.78. The van der Waals surface area contributed by atoms with Crippen LogP contribution in [0.5, 0.6) is 0 Å². The Morgan fingerprint density at radius 2 is 1.88 bits per heavy atom. The lowest BCUT2D eigenvalue weighted by molar-refractivity contribution is 0.0693. The number of pyridine rings is 1. The lowest BCUT2D eigenvalue weighted by atomic mass is 10.1. The van der Waals surface area contributed by atoms with Crippen molar-refractivity contribution in [3.8, 4) is 0 Å². The average Bonchev–Trinajstić information content (AvgIpc) is 2.14. The Morgan fingerprint density at radius 3 is 2.29 bits per heavy atom. The maximum absolute atomic E-state index is 11.7. The van der Waals surface area contributed by atoms with Crippen LogP contribution in [-0.4, -0.2) is 27.5 Å². The van der Waals surface area contributed by atoms with E-state index in [9.17, 15) is 14.4 Å². The zero-order valence-corrected chi connectivity index (χ0v) is 9.83. The molecule has 0 spiro atoms.